The average molecular weight is 225 g/mol. The number of fused-ring (bicyclic) bond motifs is 1. The summed E-state index contributed by atoms with van der Waals surface area (Å²) in [5.41, 5.74) is 5.97. The molecular formula is C12H23N3O. The summed E-state index contributed by atoms with van der Waals surface area (Å²) in [5.74, 6) is 1.35. The zero-order valence-corrected chi connectivity index (χ0v) is 10.1. The number of hydrogen-bond acceptors (Lipinski definition) is 2. The van der Waals surface area contributed by atoms with Gasteiger partial charge in [0, 0.05) is 25.7 Å². The van der Waals surface area contributed by atoms with Crippen LogP contribution in [0.3, 0.4) is 0 Å². The normalized spacial score (nSPS) is 33.6. The molecule has 1 saturated carbocycles. The number of urea groups is 1. The molecule has 0 aromatic carbocycles. The molecule has 0 bridgehead atoms. The molecule has 16 heavy (non-hydrogen) atoms. The van der Waals surface area contributed by atoms with Gasteiger partial charge in [-0.15, -0.1) is 0 Å². The third-order valence-electron chi connectivity index (χ3n) is 3.90. The van der Waals surface area contributed by atoms with Crippen LogP contribution in [0.2, 0.25) is 0 Å². The maximum atomic E-state index is 11.8. The van der Waals surface area contributed by atoms with E-state index in [1.54, 1.807) is 0 Å². The van der Waals surface area contributed by atoms with E-state index in [9.17, 15) is 4.79 Å². The predicted molar refractivity (Wildman–Crippen MR) is 64.1 cm³/mol. The van der Waals surface area contributed by atoms with Crippen molar-refractivity contribution >= 4 is 6.03 Å². The van der Waals surface area contributed by atoms with Gasteiger partial charge in [-0.2, -0.15) is 0 Å². The van der Waals surface area contributed by atoms with Crippen LogP contribution >= 0.6 is 0 Å². The van der Waals surface area contributed by atoms with Crippen molar-refractivity contribution < 1.29 is 4.79 Å². The lowest BCUT2D eigenvalue weighted by molar-refractivity contribution is 0.206. The fourth-order valence-corrected chi connectivity index (χ4v) is 2.98. The Labute approximate surface area is 97.6 Å². The van der Waals surface area contributed by atoms with Gasteiger partial charge in [-0.05, 0) is 37.5 Å². The highest BCUT2D eigenvalue weighted by molar-refractivity contribution is 5.74. The maximum Gasteiger partial charge on any atom is 0.317 e. The zero-order chi connectivity index (χ0) is 11.5. The van der Waals surface area contributed by atoms with Crippen molar-refractivity contribution in [1.82, 2.24) is 10.2 Å². The first-order valence-electron chi connectivity index (χ1n) is 6.49. The minimum absolute atomic E-state index is 0.116. The minimum Gasteiger partial charge on any atom is -0.338 e. The van der Waals surface area contributed by atoms with Crippen LogP contribution in [0.4, 0.5) is 4.79 Å². The van der Waals surface area contributed by atoms with Crippen LogP contribution in [0.15, 0.2) is 0 Å². The lowest BCUT2D eigenvalue weighted by atomic mass is 9.79. The Morgan fingerprint density at radius 1 is 1.38 bits per heavy atom. The van der Waals surface area contributed by atoms with Gasteiger partial charge in [-0.3, -0.25) is 0 Å². The molecule has 2 fully saturated rings. The molecule has 0 radical (unpaired) electrons. The highest BCUT2D eigenvalue weighted by Gasteiger charge is 2.38. The van der Waals surface area contributed by atoms with Crippen molar-refractivity contribution in [3.63, 3.8) is 0 Å². The predicted octanol–water partition coefficient (Wildman–Crippen LogP) is 1.17. The number of carbonyl (C=O) groups excluding carboxylic acids is 1. The average Bonchev–Trinajstić information content (AvgIpc) is 2.68. The molecule has 4 nitrogen and oxygen atoms in total. The highest BCUT2D eigenvalue weighted by atomic mass is 16.2. The summed E-state index contributed by atoms with van der Waals surface area (Å²) in [6, 6.07) is 0.477. The van der Waals surface area contributed by atoms with Crippen molar-refractivity contribution in [2.45, 2.75) is 38.6 Å². The van der Waals surface area contributed by atoms with Crippen molar-refractivity contribution in [2.75, 3.05) is 19.6 Å². The van der Waals surface area contributed by atoms with E-state index in [0.717, 1.165) is 38.9 Å². The van der Waals surface area contributed by atoms with E-state index in [1.807, 2.05) is 4.90 Å². The molecule has 3 N–H and O–H groups in total. The number of rotatable bonds is 2. The summed E-state index contributed by atoms with van der Waals surface area (Å²) in [4.78, 5) is 13.8. The number of nitrogens with one attached hydrogen (secondary N) is 1. The standard InChI is InChI=1S/C12H23N3O/c1-2-5-14-12(16)15-7-9-3-4-11(13)6-10(9)8-15/h9-11H,2-8,13H2,1H3,(H,14,16)/t9-,10+,11?/m1/s1. The lowest BCUT2D eigenvalue weighted by Crippen LogP contribution is -2.39. The second-order valence-corrected chi connectivity index (χ2v) is 5.23. The molecule has 2 rings (SSSR count). The van der Waals surface area contributed by atoms with E-state index in [2.05, 4.69) is 12.2 Å². The quantitative estimate of drug-likeness (QED) is 0.741. The number of amides is 2. The van der Waals surface area contributed by atoms with Gasteiger partial charge in [-0.25, -0.2) is 4.79 Å². The van der Waals surface area contributed by atoms with Gasteiger partial charge in [0.15, 0.2) is 0 Å². The van der Waals surface area contributed by atoms with Gasteiger partial charge < -0.3 is 16.0 Å². The Kier molecular flexibility index (Phi) is 3.69. The summed E-state index contributed by atoms with van der Waals surface area (Å²) in [7, 11) is 0. The van der Waals surface area contributed by atoms with Gasteiger partial charge in [0.1, 0.15) is 0 Å². The Hall–Kier alpha value is -0.770. The molecule has 1 aliphatic carbocycles. The third-order valence-corrected chi connectivity index (χ3v) is 3.90. The SMILES string of the molecule is CCCNC(=O)N1C[C@H]2CCC(N)C[C@H]2C1. The molecule has 1 saturated heterocycles. The smallest absolute Gasteiger partial charge is 0.317 e. The van der Waals surface area contributed by atoms with E-state index >= 15 is 0 Å². The highest BCUT2D eigenvalue weighted by Crippen LogP contribution is 2.35. The topological polar surface area (TPSA) is 58.4 Å². The van der Waals surface area contributed by atoms with Crippen molar-refractivity contribution in [3.05, 3.63) is 0 Å². The van der Waals surface area contributed by atoms with E-state index in [1.165, 1.54) is 6.42 Å². The number of carbonyl (C=O) groups is 1. The Morgan fingerprint density at radius 2 is 2.12 bits per heavy atom. The molecule has 1 aliphatic heterocycles. The number of nitrogens with two attached hydrogens (primary N) is 1. The molecule has 4 heteroatoms. The number of likely N-dealkylation sites (tertiary alicyclic amines) is 1. The summed E-state index contributed by atoms with van der Waals surface area (Å²) in [6.45, 7) is 4.70. The zero-order valence-electron chi connectivity index (χ0n) is 10.1. The molecule has 0 aromatic heterocycles. The first-order chi connectivity index (χ1) is 7.70. The summed E-state index contributed by atoms with van der Waals surface area (Å²) in [5, 5.41) is 2.95. The van der Waals surface area contributed by atoms with Gasteiger partial charge in [0.25, 0.3) is 0 Å². The van der Waals surface area contributed by atoms with Gasteiger partial charge in [0.05, 0.1) is 0 Å². The van der Waals surface area contributed by atoms with Crippen molar-refractivity contribution in [2.24, 2.45) is 17.6 Å². The maximum absolute atomic E-state index is 11.8. The Morgan fingerprint density at radius 3 is 2.88 bits per heavy atom. The molecule has 1 heterocycles. The molecule has 2 amide bonds. The number of hydrogen-bond donors (Lipinski definition) is 2. The summed E-state index contributed by atoms with van der Waals surface area (Å²) in [6.07, 6.45) is 4.43. The number of nitrogens with zero attached hydrogens (tertiary/aromatic N) is 1. The van der Waals surface area contributed by atoms with Crippen LogP contribution in [-0.2, 0) is 0 Å². The lowest BCUT2D eigenvalue weighted by Gasteiger charge is -2.27. The molecular weight excluding hydrogens is 202 g/mol. The van der Waals surface area contributed by atoms with Crippen LogP contribution in [0.5, 0.6) is 0 Å². The Bertz CT molecular complexity index is 257. The van der Waals surface area contributed by atoms with Crippen LogP contribution < -0.4 is 11.1 Å². The molecule has 92 valence electrons. The molecule has 0 aromatic rings. The van der Waals surface area contributed by atoms with Crippen LogP contribution in [0.1, 0.15) is 32.6 Å². The molecule has 3 atom stereocenters. The van der Waals surface area contributed by atoms with Gasteiger partial charge >= 0.3 is 6.03 Å². The second-order valence-electron chi connectivity index (χ2n) is 5.23. The van der Waals surface area contributed by atoms with E-state index in [4.69, 9.17) is 5.73 Å². The molecule has 1 unspecified atom stereocenters. The largest absolute Gasteiger partial charge is 0.338 e. The fourth-order valence-electron chi connectivity index (χ4n) is 2.98. The monoisotopic (exact) mass is 225 g/mol. The summed E-state index contributed by atoms with van der Waals surface area (Å²) >= 11 is 0. The van der Waals surface area contributed by atoms with Gasteiger partial charge in [0.2, 0.25) is 0 Å². The van der Waals surface area contributed by atoms with E-state index in [-0.39, 0.29) is 6.03 Å². The van der Waals surface area contributed by atoms with E-state index < -0.39 is 0 Å². The first kappa shape index (κ1) is 11.7. The van der Waals surface area contributed by atoms with E-state index in [0.29, 0.717) is 17.9 Å². The first-order valence-corrected chi connectivity index (χ1v) is 6.49. The van der Waals surface area contributed by atoms with Crippen LogP contribution in [-0.4, -0.2) is 36.6 Å². The second kappa shape index (κ2) is 5.04. The molecule has 0 spiro atoms. The van der Waals surface area contributed by atoms with Crippen molar-refractivity contribution in [1.29, 1.82) is 0 Å². The van der Waals surface area contributed by atoms with Gasteiger partial charge in [-0.1, -0.05) is 6.92 Å². The van der Waals surface area contributed by atoms with Crippen molar-refractivity contribution in [3.8, 4) is 0 Å². The third kappa shape index (κ3) is 2.48. The van der Waals surface area contributed by atoms with Crippen LogP contribution in [0.25, 0.3) is 0 Å². The fraction of sp³-hybridized carbons (Fsp3) is 0.917. The minimum atomic E-state index is 0.116. The summed E-state index contributed by atoms with van der Waals surface area (Å²) < 4.78 is 0. The van der Waals surface area contributed by atoms with Crippen LogP contribution in [0, 0.1) is 11.8 Å². The molecule has 2 aliphatic rings. The Balaban J connectivity index is 1.84.